The molecule has 0 bridgehead atoms. The van der Waals surface area contributed by atoms with Crippen LogP contribution in [0.4, 0.5) is 0 Å². The molecular weight excluding hydrogens is 290 g/mol. The summed E-state index contributed by atoms with van der Waals surface area (Å²) in [5, 5.41) is 2.11. The summed E-state index contributed by atoms with van der Waals surface area (Å²) in [6.07, 6.45) is 0.628. The highest BCUT2D eigenvalue weighted by Crippen LogP contribution is 1.97. The molecular formula is C11H19NO7S. The minimum atomic E-state index is -3.31. The van der Waals surface area contributed by atoms with Crippen LogP contribution in [0.1, 0.15) is 20.3 Å². The number of hydrogen-bond acceptors (Lipinski definition) is 7. The van der Waals surface area contributed by atoms with E-state index < -0.39 is 33.7 Å². The summed E-state index contributed by atoms with van der Waals surface area (Å²) in [4.78, 5) is 34.6. The van der Waals surface area contributed by atoms with Gasteiger partial charge < -0.3 is 14.8 Å². The fourth-order valence-electron chi connectivity index (χ4n) is 1.18. The van der Waals surface area contributed by atoms with Crippen LogP contribution in [0.3, 0.4) is 0 Å². The van der Waals surface area contributed by atoms with Gasteiger partial charge in [-0.1, -0.05) is 0 Å². The topological polar surface area (TPSA) is 116 Å². The minimum absolute atomic E-state index is 0.0357. The summed E-state index contributed by atoms with van der Waals surface area (Å²) in [7, 11) is -3.31. The molecule has 0 radical (unpaired) electrons. The predicted molar refractivity (Wildman–Crippen MR) is 69.5 cm³/mol. The summed E-state index contributed by atoms with van der Waals surface area (Å²) in [6.45, 7) is 3.17. The first-order valence-corrected chi connectivity index (χ1v) is 8.07. The minimum Gasteiger partial charge on any atom is -0.464 e. The van der Waals surface area contributed by atoms with Crippen LogP contribution in [-0.2, 0) is 33.7 Å². The van der Waals surface area contributed by atoms with E-state index in [1.165, 1.54) is 0 Å². The van der Waals surface area contributed by atoms with Crippen molar-refractivity contribution in [2.45, 2.75) is 26.3 Å². The molecule has 8 nitrogen and oxygen atoms in total. The number of nitrogens with one attached hydrogen (secondary N) is 1. The lowest BCUT2D eigenvalue weighted by Crippen LogP contribution is -2.48. The van der Waals surface area contributed by atoms with Crippen molar-refractivity contribution in [3.05, 3.63) is 0 Å². The molecule has 0 spiro atoms. The van der Waals surface area contributed by atoms with Gasteiger partial charge in [-0.05, 0) is 13.8 Å². The molecule has 116 valence electrons. The van der Waals surface area contributed by atoms with Crippen molar-refractivity contribution in [1.82, 2.24) is 5.32 Å². The van der Waals surface area contributed by atoms with Crippen molar-refractivity contribution in [2.75, 3.05) is 25.2 Å². The zero-order chi connectivity index (χ0) is 15.8. The second kappa shape index (κ2) is 8.51. The maximum atomic E-state index is 11.5. The molecule has 0 aromatic carbocycles. The van der Waals surface area contributed by atoms with E-state index in [4.69, 9.17) is 0 Å². The SMILES string of the molecule is CCOC(=O)C(NC(=O)CCS(C)(=O)=O)C(=O)OCC. The Morgan fingerprint density at radius 1 is 1.05 bits per heavy atom. The predicted octanol–water partition coefficient (Wildman–Crippen LogP) is -0.968. The Kier molecular flexibility index (Phi) is 7.82. The molecule has 0 saturated carbocycles. The molecule has 1 amide bonds. The van der Waals surface area contributed by atoms with Crippen molar-refractivity contribution in [3.63, 3.8) is 0 Å². The Labute approximate surface area is 117 Å². The van der Waals surface area contributed by atoms with E-state index in [-0.39, 0.29) is 25.4 Å². The van der Waals surface area contributed by atoms with Gasteiger partial charge in [0.1, 0.15) is 9.84 Å². The van der Waals surface area contributed by atoms with E-state index >= 15 is 0 Å². The van der Waals surface area contributed by atoms with Crippen LogP contribution in [0.25, 0.3) is 0 Å². The zero-order valence-electron chi connectivity index (χ0n) is 11.7. The molecule has 0 aromatic heterocycles. The normalized spacial score (nSPS) is 11.0. The number of hydrogen-bond donors (Lipinski definition) is 1. The first-order chi connectivity index (χ1) is 9.21. The molecule has 0 aliphatic rings. The molecule has 9 heteroatoms. The molecule has 0 atom stereocenters. The molecule has 0 fully saturated rings. The van der Waals surface area contributed by atoms with Crippen molar-refractivity contribution in [1.29, 1.82) is 0 Å². The van der Waals surface area contributed by atoms with Gasteiger partial charge in [-0.25, -0.2) is 18.0 Å². The summed E-state index contributed by atoms with van der Waals surface area (Å²) in [5.74, 6) is -3.02. The second-order valence-corrected chi connectivity index (χ2v) is 6.14. The van der Waals surface area contributed by atoms with Crippen molar-refractivity contribution >= 4 is 27.7 Å². The van der Waals surface area contributed by atoms with Crippen molar-refractivity contribution in [3.8, 4) is 0 Å². The maximum Gasteiger partial charge on any atom is 0.340 e. The molecule has 0 aromatic rings. The molecule has 0 rings (SSSR count). The third-order valence-electron chi connectivity index (χ3n) is 2.05. The highest BCUT2D eigenvalue weighted by atomic mass is 32.2. The van der Waals surface area contributed by atoms with Gasteiger partial charge in [-0.15, -0.1) is 0 Å². The Balaban J connectivity index is 4.67. The fraction of sp³-hybridized carbons (Fsp3) is 0.727. The van der Waals surface area contributed by atoms with Crippen LogP contribution >= 0.6 is 0 Å². The molecule has 0 unspecified atom stereocenters. The molecule has 20 heavy (non-hydrogen) atoms. The van der Waals surface area contributed by atoms with Gasteiger partial charge in [0.25, 0.3) is 0 Å². The lowest BCUT2D eigenvalue weighted by molar-refractivity contribution is -0.159. The number of rotatable bonds is 8. The number of esters is 2. The van der Waals surface area contributed by atoms with Crippen LogP contribution in [0.2, 0.25) is 0 Å². The van der Waals surface area contributed by atoms with Gasteiger partial charge in [0, 0.05) is 12.7 Å². The van der Waals surface area contributed by atoms with E-state index in [0.717, 1.165) is 6.26 Å². The van der Waals surface area contributed by atoms with E-state index in [1.807, 2.05) is 0 Å². The summed E-state index contributed by atoms with van der Waals surface area (Å²) in [5.41, 5.74) is 0. The van der Waals surface area contributed by atoms with Gasteiger partial charge in [-0.2, -0.15) is 0 Å². The third kappa shape index (κ3) is 7.72. The Hall–Kier alpha value is -1.64. The van der Waals surface area contributed by atoms with E-state index in [9.17, 15) is 22.8 Å². The van der Waals surface area contributed by atoms with Crippen molar-refractivity contribution < 1.29 is 32.3 Å². The average Bonchev–Trinajstić information content (AvgIpc) is 2.33. The maximum absolute atomic E-state index is 11.5. The highest BCUT2D eigenvalue weighted by molar-refractivity contribution is 7.90. The Bertz CT molecular complexity index is 439. The number of carbonyl (C=O) groups is 3. The molecule has 0 saturated heterocycles. The van der Waals surface area contributed by atoms with Crippen LogP contribution in [-0.4, -0.2) is 57.5 Å². The molecule has 0 aliphatic heterocycles. The van der Waals surface area contributed by atoms with Gasteiger partial charge in [0.15, 0.2) is 0 Å². The van der Waals surface area contributed by atoms with Crippen LogP contribution in [0.5, 0.6) is 0 Å². The molecule has 0 aliphatic carbocycles. The summed E-state index contributed by atoms with van der Waals surface area (Å²) >= 11 is 0. The smallest absolute Gasteiger partial charge is 0.340 e. The largest absolute Gasteiger partial charge is 0.464 e. The lowest BCUT2D eigenvalue weighted by Gasteiger charge is -2.15. The third-order valence-corrected chi connectivity index (χ3v) is 3.00. The number of sulfone groups is 1. The van der Waals surface area contributed by atoms with Crippen LogP contribution < -0.4 is 5.32 Å². The summed E-state index contributed by atoms with van der Waals surface area (Å²) in [6, 6.07) is -1.58. The van der Waals surface area contributed by atoms with E-state index in [2.05, 4.69) is 14.8 Å². The van der Waals surface area contributed by atoms with E-state index in [0.29, 0.717) is 0 Å². The monoisotopic (exact) mass is 309 g/mol. The first-order valence-electron chi connectivity index (χ1n) is 6.01. The van der Waals surface area contributed by atoms with Gasteiger partial charge >= 0.3 is 11.9 Å². The fourth-order valence-corrected chi connectivity index (χ4v) is 1.73. The lowest BCUT2D eigenvalue weighted by atomic mass is 10.3. The van der Waals surface area contributed by atoms with Gasteiger partial charge in [-0.3, -0.25) is 4.79 Å². The number of ether oxygens (including phenoxy) is 2. The first kappa shape index (κ1) is 18.4. The van der Waals surface area contributed by atoms with Gasteiger partial charge in [0.05, 0.1) is 19.0 Å². The standard InChI is InChI=1S/C11H19NO7S/c1-4-18-10(14)9(11(15)19-5-2)12-8(13)6-7-20(3,16)17/h9H,4-7H2,1-3H3,(H,12,13). The van der Waals surface area contributed by atoms with Crippen LogP contribution in [0, 0.1) is 0 Å². The quantitative estimate of drug-likeness (QED) is 0.453. The summed E-state index contributed by atoms with van der Waals surface area (Å²) < 4.78 is 31.2. The molecule has 1 N–H and O–H groups in total. The van der Waals surface area contributed by atoms with Crippen molar-refractivity contribution in [2.24, 2.45) is 0 Å². The Morgan fingerprint density at radius 3 is 1.85 bits per heavy atom. The molecule has 0 heterocycles. The second-order valence-electron chi connectivity index (χ2n) is 3.88. The zero-order valence-corrected chi connectivity index (χ0v) is 12.5. The Morgan fingerprint density at radius 2 is 1.50 bits per heavy atom. The van der Waals surface area contributed by atoms with Gasteiger partial charge in [0.2, 0.25) is 11.9 Å². The average molecular weight is 309 g/mol. The van der Waals surface area contributed by atoms with Crippen LogP contribution in [0.15, 0.2) is 0 Å². The van der Waals surface area contributed by atoms with E-state index in [1.54, 1.807) is 13.8 Å². The highest BCUT2D eigenvalue weighted by Gasteiger charge is 2.31. The number of amides is 1. The number of carbonyl (C=O) groups excluding carboxylic acids is 3.